The molecule has 1 heteroatoms. The van der Waals surface area contributed by atoms with Crippen molar-refractivity contribution in [2.75, 3.05) is 0 Å². The Morgan fingerprint density at radius 3 is 2.33 bits per heavy atom. The first-order chi connectivity index (χ1) is 7.30. The summed E-state index contributed by atoms with van der Waals surface area (Å²) in [6, 6.07) is 11.1. The van der Waals surface area contributed by atoms with E-state index in [9.17, 15) is 5.26 Å². The largest absolute Gasteiger partial charge is 0.197 e. The van der Waals surface area contributed by atoms with Crippen LogP contribution in [0.3, 0.4) is 0 Å². The van der Waals surface area contributed by atoms with E-state index >= 15 is 0 Å². The third-order valence-corrected chi connectivity index (χ3v) is 3.47. The van der Waals surface area contributed by atoms with Crippen molar-refractivity contribution in [1.82, 2.24) is 0 Å². The van der Waals surface area contributed by atoms with Crippen molar-refractivity contribution in [3.8, 4) is 6.07 Å². The van der Waals surface area contributed by atoms with E-state index in [1.54, 1.807) is 0 Å². The van der Waals surface area contributed by atoms with Crippen molar-refractivity contribution in [2.45, 2.75) is 44.4 Å². The monoisotopic (exact) mass is 199 g/mol. The molecule has 0 unspecified atom stereocenters. The van der Waals surface area contributed by atoms with Crippen LogP contribution in [0.2, 0.25) is 0 Å². The van der Waals surface area contributed by atoms with Gasteiger partial charge in [-0.05, 0) is 36.8 Å². The normalized spacial score (nSPS) is 17.9. The fourth-order valence-electron chi connectivity index (χ4n) is 2.27. The summed E-state index contributed by atoms with van der Waals surface area (Å²) < 4.78 is 0. The summed E-state index contributed by atoms with van der Waals surface area (Å²) in [5.41, 5.74) is 2.45. The summed E-state index contributed by atoms with van der Waals surface area (Å²) in [4.78, 5) is 0. The second-order valence-electron chi connectivity index (χ2n) is 4.49. The molecule has 1 fully saturated rings. The quantitative estimate of drug-likeness (QED) is 0.730. The van der Waals surface area contributed by atoms with Crippen molar-refractivity contribution < 1.29 is 0 Å². The first-order valence-electron chi connectivity index (χ1n) is 5.81. The summed E-state index contributed by atoms with van der Waals surface area (Å²) in [5.74, 6) is 0. The van der Waals surface area contributed by atoms with E-state index in [0.29, 0.717) is 0 Å². The van der Waals surface area contributed by atoms with Gasteiger partial charge in [0.25, 0.3) is 0 Å². The first kappa shape index (κ1) is 10.2. The van der Waals surface area contributed by atoms with Crippen molar-refractivity contribution in [3.63, 3.8) is 0 Å². The van der Waals surface area contributed by atoms with Gasteiger partial charge < -0.3 is 0 Å². The molecule has 2 rings (SSSR count). The van der Waals surface area contributed by atoms with Crippen molar-refractivity contribution in [1.29, 1.82) is 5.26 Å². The van der Waals surface area contributed by atoms with Crippen LogP contribution < -0.4 is 0 Å². The molecule has 0 heterocycles. The summed E-state index contributed by atoms with van der Waals surface area (Å²) in [6.07, 6.45) is 5.60. The molecule has 1 aromatic rings. The Kier molecular flexibility index (Phi) is 2.77. The van der Waals surface area contributed by atoms with Gasteiger partial charge in [0.15, 0.2) is 0 Å². The second-order valence-corrected chi connectivity index (χ2v) is 4.49. The summed E-state index contributed by atoms with van der Waals surface area (Å²) in [6.45, 7) is 2.19. The van der Waals surface area contributed by atoms with E-state index < -0.39 is 0 Å². The maximum atomic E-state index is 9.21. The van der Waals surface area contributed by atoms with Crippen LogP contribution in [0.1, 0.15) is 43.7 Å². The van der Waals surface area contributed by atoms with Gasteiger partial charge in [-0.1, -0.05) is 37.6 Å². The number of nitrogens with zero attached hydrogens (tertiary/aromatic N) is 1. The Labute approximate surface area is 91.7 Å². The summed E-state index contributed by atoms with van der Waals surface area (Å²) >= 11 is 0. The number of hydrogen-bond donors (Lipinski definition) is 0. The zero-order valence-corrected chi connectivity index (χ0v) is 9.29. The van der Waals surface area contributed by atoms with E-state index in [1.165, 1.54) is 24.0 Å². The highest BCUT2D eigenvalue weighted by Gasteiger charge is 2.38. The van der Waals surface area contributed by atoms with E-state index in [-0.39, 0.29) is 5.41 Å². The minimum atomic E-state index is -0.148. The van der Waals surface area contributed by atoms with Gasteiger partial charge in [-0.25, -0.2) is 0 Å². The molecule has 0 bridgehead atoms. The highest BCUT2D eigenvalue weighted by Crippen LogP contribution is 2.43. The fourth-order valence-corrected chi connectivity index (χ4v) is 2.27. The smallest absolute Gasteiger partial charge is 0.0822 e. The summed E-state index contributed by atoms with van der Waals surface area (Å²) in [5, 5.41) is 9.21. The van der Waals surface area contributed by atoms with Crippen LogP contribution in [-0.4, -0.2) is 0 Å². The lowest BCUT2D eigenvalue weighted by molar-refractivity contribution is 0.324. The van der Waals surface area contributed by atoms with E-state index in [4.69, 9.17) is 0 Å². The molecule has 0 aliphatic heterocycles. The number of benzene rings is 1. The van der Waals surface area contributed by atoms with E-state index in [0.717, 1.165) is 19.3 Å². The van der Waals surface area contributed by atoms with Crippen molar-refractivity contribution >= 4 is 0 Å². The van der Waals surface area contributed by atoms with Gasteiger partial charge in [0, 0.05) is 0 Å². The van der Waals surface area contributed by atoms with Crippen molar-refractivity contribution in [2.24, 2.45) is 0 Å². The molecule has 15 heavy (non-hydrogen) atoms. The Bertz CT molecular complexity index is 365. The molecule has 0 atom stereocenters. The van der Waals surface area contributed by atoms with Crippen molar-refractivity contribution in [3.05, 3.63) is 35.4 Å². The predicted octanol–water partition coefficient (Wildman–Crippen LogP) is 3.58. The van der Waals surface area contributed by atoms with Gasteiger partial charge in [-0.2, -0.15) is 5.26 Å². The number of nitriles is 1. The molecular formula is C14H17N. The number of aryl methyl sites for hydroxylation is 1. The molecule has 1 nitrogen and oxygen atoms in total. The molecule has 1 aromatic carbocycles. The molecule has 0 N–H and O–H groups in total. The third-order valence-electron chi connectivity index (χ3n) is 3.47. The van der Waals surface area contributed by atoms with Crippen LogP contribution in [0, 0.1) is 11.3 Å². The highest BCUT2D eigenvalue weighted by atomic mass is 14.4. The summed E-state index contributed by atoms with van der Waals surface area (Å²) in [7, 11) is 0. The SMILES string of the molecule is CCCc1ccc(C2(C#N)CCC2)cc1. The van der Waals surface area contributed by atoms with E-state index in [2.05, 4.69) is 37.3 Å². The van der Waals surface area contributed by atoms with Crippen LogP contribution in [0.15, 0.2) is 24.3 Å². The lowest BCUT2D eigenvalue weighted by atomic mass is 9.65. The van der Waals surface area contributed by atoms with Gasteiger partial charge in [0.05, 0.1) is 11.5 Å². The predicted molar refractivity (Wildman–Crippen MR) is 61.6 cm³/mol. The lowest BCUT2D eigenvalue weighted by Gasteiger charge is -2.35. The van der Waals surface area contributed by atoms with Gasteiger partial charge in [-0.3, -0.25) is 0 Å². The zero-order valence-electron chi connectivity index (χ0n) is 9.29. The highest BCUT2D eigenvalue weighted by molar-refractivity contribution is 5.36. The molecule has 0 saturated heterocycles. The van der Waals surface area contributed by atoms with Gasteiger partial charge in [0.1, 0.15) is 0 Å². The Morgan fingerprint density at radius 2 is 1.93 bits per heavy atom. The van der Waals surface area contributed by atoms with Gasteiger partial charge in [-0.15, -0.1) is 0 Å². The fraction of sp³-hybridized carbons (Fsp3) is 0.500. The Balaban J connectivity index is 2.20. The molecule has 1 aliphatic carbocycles. The average molecular weight is 199 g/mol. The molecule has 78 valence electrons. The minimum absolute atomic E-state index is 0.148. The zero-order chi connectivity index (χ0) is 10.7. The topological polar surface area (TPSA) is 23.8 Å². The van der Waals surface area contributed by atoms with Crippen LogP contribution >= 0.6 is 0 Å². The number of rotatable bonds is 3. The van der Waals surface area contributed by atoms with Crippen LogP contribution in [0.4, 0.5) is 0 Å². The molecule has 0 radical (unpaired) electrons. The molecule has 0 amide bonds. The Hall–Kier alpha value is -1.29. The maximum absolute atomic E-state index is 9.21. The first-order valence-corrected chi connectivity index (χ1v) is 5.81. The van der Waals surface area contributed by atoms with E-state index in [1.807, 2.05) is 0 Å². The van der Waals surface area contributed by atoms with Gasteiger partial charge >= 0.3 is 0 Å². The van der Waals surface area contributed by atoms with Gasteiger partial charge in [0.2, 0.25) is 0 Å². The molecule has 0 aromatic heterocycles. The Morgan fingerprint density at radius 1 is 1.27 bits per heavy atom. The second kappa shape index (κ2) is 4.06. The standard InChI is InChI=1S/C14H17N/c1-2-4-12-5-7-13(8-6-12)14(11-15)9-3-10-14/h5-8H,2-4,9-10H2,1H3. The third kappa shape index (κ3) is 1.77. The van der Waals surface area contributed by atoms with Crippen LogP contribution in [0.25, 0.3) is 0 Å². The average Bonchev–Trinajstić information content (AvgIpc) is 2.20. The molecular weight excluding hydrogens is 182 g/mol. The number of hydrogen-bond acceptors (Lipinski definition) is 1. The molecule has 1 aliphatic rings. The maximum Gasteiger partial charge on any atom is 0.0822 e. The molecule has 1 saturated carbocycles. The van der Waals surface area contributed by atoms with Crippen LogP contribution in [-0.2, 0) is 11.8 Å². The lowest BCUT2D eigenvalue weighted by Crippen LogP contribution is -2.32. The minimum Gasteiger partial charge on any atom is -0.197 e. The van der Waals surface area contributed by atoms with Crippen LogP contribution in [0.5, 0.6) is 0 Å². The molecule has 0 spiro atoms.